The van der Waals surface area contributed by atoms with Crippen LogP contribution in [0, 0.1) is 0 Å². The van der Waals surface area contributed by atoms with Gasteiger partial charge in [-0.05, 0) is 30.4 Å². The van der Waals surface area contributed by atoms with Crippen LogP contribution < -0.4 is 16.6 Å². The number of fused-ring (bicyclic) bond motifs is 1. The molecule has 1 aliphatic heterocycles. The molecule has 4 aromatic rings. The van der Waals surface area contributed by atoms with Gasteiger partial charge in [-0.25, -0.2) is 4.98 Å². The summed E-state index contributed by atoms with van der Waals surface area (Å²) in [5.74, 6) is -0.0373. The number of rotatable bonds is 16. The molecule has 4 N–H and O–H groups in total. The molecule has 0 saturated carbocycles. The van der Waals surface area contributed by atoms with E-state index in [1.54, 1.807) is 16.6 Å². The van der Waals surface area contributed by atoms with Crippen LogP contribution in [0.4, 0.5) is 0 Å². The molecule has 2 aromatic heterocycles. The molecule has 256 valence electrons. The molecule has 1 aliphatic rings. The van der Waals surface area contributed by atoms with Crippen LogP contribution >= 0.6 is 0 Å². The van der Waals surface area contributed by atoms with Crippen molar-refractivity contribution in [1.29, 1.82) is 0 Å². The highest BCUT2D eigenvalue weighted by Crippen LogP contribution is 2.27. The third kappa shape index (κ3) is 9.13. The summed E-state index contributed by atoms with van der Waals surface area (Å²) in [5, 5.41) is 18.8. The number of ether oxygens (including phenoxy) is 2. The Morgan fingerprint density at radius 3 is 2.35 bits per heavy atom. The van der Waals surface area contributed by atoms with E-state index in [9.17, 15) is 19.5 Å². The van der Waals surface area contributed by atoms with Crippen molar-refractivity contribution in [2.75, 3.05) is 46.1 Å². The average Bonchev–Trinajstić information content (AvgIpc) is 3.44. The highest BCUT2D eigenvalue weighted by Gasteiger charge is 2.35. The zero-order valence-electron chi connectivity index (χ0n) is 27.5. The van der Waals surface area contributed by atoms with Crippen LogP contribution in [-0.4, -0.2) is 92.8 Å². The summed E-state index contributed by atoms with van der Waals surface area (Å²) in [6.45, 7) is 3.44. The summed E-state index contributed by atoms with van der Waals surface area (Å²) >= 11 is 0. The quantitative estimate of drug-likeness (QED) is 0.152. The Morgan fingerprint density at radius 2 is 1.65 bits per heavy atom. The fourth-order valence-electron chi connectivity index (χ4n) is 5.87. The van der Waals surface area contributed by atoms with E-state index in [0.29, 0.717) is 89.5 Å². The molecule has 48 heavy (non-hydrogen) atoms. The zero-order valence-corrected chi connectivity index (χ0v) is 27.5. The number of amides is 2. The molecule has 0 spiro atoms. The molecule has 0 unspecified atom stereocenters. The van der Waals surface area contributed by atoms with E-state index in [2.05, 4.69) is 15.4 Å². The zero-order chi connectivity index (χ0) is 33.9. The van der Waals surface area contributed by atoms with Gasteiger partial charge in [-0.15, -0.1) is 0 Å². The monoisotopic (exact) mass is 659 g/mol. The van der Waals surface area contributed by atoms with Crippen molar-refractivity contribution in [3.05, 3.63) is 82.4 Å². The first kappa shape index (κ1) is 34.9. The third-order valence-corrected chi connectivity index (χ3v) is 8.62. The molecular weight excluding hydrogens is 614 g/mol. The highest BCUT2D eigenvalue weighted by molar-refractivity contribution is 5.89. The molecule has 2 aromatic carbocycles. The lowest BCUT2D eigenvalue weighted by atomic mass is 9.91. The fourth-order valence-corrected chi connectivity index (χ4v) is 5.87. The summed E-state index contributed by atoms with van der Waals surface area (Å²) in [6, 6.07) is 17.6. The van der Waals surface area contributed by atoms with Crippen LogP contribution in [0.3, 0.4) is 0 Å². The Bertz CT molecular complexity index is 1710. The first-order chi connectivity index (χ1) is 23.3. The second-order valence-corrected chi connectivity index (χ2v) is 12.2. The third-order valence-electron chi connectivity index (χ3n) is 8.62. The molecule has 1 saturated heterocycles. The number of hydrogen-bond acceptors (Lipinski definition) is 9. The van der Waals surface area contributed by atoms with E-state index < -0.39 is 5.60 Å². The van der Waals surface area contributed by atoms with E-state index in [1.165, 1.54) is 10.9 Å². The molecule has 3 heterocycles. The minimum atomic E-state index is -1.13. The van der Waals surface area contributed by atoms with Crippen molar-refractivity contribution in [2.24, 2.45) is 12.8 Å². The average molecular weight is 660 g/mol. The van der Waals surface area contributed by atoms with Gasteiger partial charge in [0.25, 0.3) is 5.56 Å². The molecule has 2 amide bonds. The van der Waals surface area contributed by atoms with Gasteiger partial charge in [0.15, 0.2) is 5.52 Å². The van der Waals surface area contributed by atoms with Crippen molar-refractivity contribution < 1.29 is 24.2 Å². The number of piperidine rings is 1. The Labute approximate surface area is 279 Å². The van der Waals surface area contributed by atoms with Crippen LogP contribution in [0.15, 0.2) is 65.7 Å². The highest BCUT2D eigenvalue weighted by atomic mass is 16.5. The summed E-state index contributed by atoms with van der Waals surface area (Å²) in [7, 11) is 1.76. The molecule has 0 radical (unpaired) electrons. The van der Waals surface area contributed by atoms with E-state index in [-0.39, 0.29) is 35.9 Å². The maximum absolute atomic E-state index is 13.5. The molecule has 0 aliphatic carbocycles. The Morgan fingerprint density at radius 1 is 0.938 bits per heavy atom. The standard InChI is InChI=1S/C35H45N7O6/c1-40-33(28-10-7-27(8-11-28)23-37-29(43)13-19-47-21-22-48-20-16-36)31-32(39-40)34(45)42(25-38-31)24-35(46)14-17-41(18-15-35)30(44)12-9-26-5-3-2-4-6-26/h2-8,10-11,25,46H,9,12-24,36H2,1H3,(H,37,43). The van der Waals surface area contributed by atoms with Gasteiger partial charge in [-0.1, -0.05) is 54.6 Å². The summed E-state index contributed by atoms with van der Waals surface area (Å²) in [5.41, 5.74) is 8.15. The molecule has 5 rings (SSSR count). The van der Waals surface area contributed by atoms with Crippen molar-refractivity contribution in [2.45, 2.75) is 50.8 Å². The SMILES string of the molecule is Cn1nc2c(=O)n(CC3(O)CCN(C(=O)CCc4ccccc4)CC3)cnc2c1-c1ccc(CNC(=O)CCOCCOCCN)cc1. The van der Waals surface area contributed by atoms with Crippen molar-refractivity contribution in [1.82, 2.24) is 29.5 Å². The second kappa shape index (κ2) is 16.6. The molecular formula is C35H45N7O6. The van der Waals surface area contributed by atoms with Gasteiger partial charge < -0.3 is 30.5 Å². The van der Waals surface area contributed by atoms with Gasteiger partial charge in [0, 0.05) is 51.6 Å². The predicted molar refractivity (Wildman–Crippen MR) is 181 cm³/mol. The lowest BCUT2D eigenvalue weighted by Gasteiger charge is -2.38. The van der Waals surface area contributed by atoms with Gasteiger partial charge in [-0.3, -0.25) is 23.6 Å². The van der Waals surface area contributed by atoms with Crippen molar-refractivity contribution in [3.8, 4) is 11.3 Å². The Kier molecular flexibility index (Phi) is 12.1. The Balaban J connectivity index is 1.14. The molecule has 0 atom stereocenters. The topological polar surface area (TPSA) is 167 Å². The van der Waals surface area contributed by atoms with Crippen LogP contribution in [0.2, 0.25) is 0 Å². The maximum Gasteiger partial charge on any atom is 0.281 e. The van der Waals surface area contributed by atoms with E-state index in [1.807, 2.05) is 54.6 Å². The summed E-state index contributed by atoms with van der Waals surface area (Å²) in [4.78, 5) is 44.9. The summed E-state index contributed by atoms with van der Waals surface area (Å²) < 4.78 is 13.7. The van der Waals surface area contributed by atoms with Gasteiger partial charge >= 0.3 is 0 Å². The number of benzene rings is 2. The van der Waals surface area contributed by atoms with Crippen LogP contribution in [0.25, 0.3) is 22.3 Å². The Hall–Kier alpha value is -4.43. The number of nitrogens with zero attached hydrogens (tertiary/aromatic N) is 5. The molecule has 13 nitrogen and oxygen atoms in total. The van der Waals surface area contributed by atoms with E-state index in [4.69, 9.17) is 15.2 Å². The van der Waals surface area contributed by atoms with Crippen molar-refractivity contribution >= 4 is 22.8 Å². The van der Waals surface area contributed by atoms with E-state index >= 15 is 0 Å². The lowest BCUT2D eigenvalue weighted by Crippen LogP contribution is -2.49. The number of carbonyl (C=O) groups is 2. The number of aryl methyl sites for hydroxylation is 2. The molecule has 13 heteroatoms. The molecule has 1 fully saturated rings. The smallest absolute Gasteiger partial charge is 0.281 e. The van der Waals surface area contributed by atoms with E-state index in [0.717, 1.165) is 16.7 Å². The van der Waals surface area contributed by atoms with Crippen LogP contribution in [0.1, 0.15) is 36.8 Å². The number of carbonyl (C=O) groups excluding carboxylic acids is 2. The van der Waals surface area contributed by atoms with Crippen LogP contribution in [0.5, 0.6) is 0 Å². The lowest BCUT2D eigenvalue weighted by molar-refractivity contribution is -0.135. The van der Waals surface area contributed by atoms with Gasteiger partial charge in [0.1, 0.15) is 5.52 Å². The van der Waals surface area contributed by atoms with Gasteiger partial charge in [-0.2, -0.15) is 5.10 Å². The second-order valence-electron chi connectivity index (χ2n) is 12.2. The number of hydrogen-bond donors (Lipinski definition) is 3. The number of nitrogens with one attached hydrogen (secondary N) is 1. The fraction of sp³-hybridized carbons (Fsp3) is 0.457. The minimum absolute atomic E-state index is 0.0714. The van der Waals surface area contributed by atoms with Gasteiger partial charge in [0.05, 0.1) is 50.6 Å². The normalized spacial score (nSPS) is 14.4. The number of aromatic nitrogens is 4. The minimum Gasteiger partial charge on any atom is -0.388 e. The number of aliphatic hydroxyl groups is 1. The summed E-state index contributed by atoms with van der Waals surface area (Å²) in [6.07, 6.45) is 3.56. The number of likely N-dealkylation sites (tertiary alicyclic amines) is 1. The first-order valence-electron chi connectivity index (χ1n) is 16.4. The first-order valence-corrected chi connectivity index (χ1v) is 16.4. The predicted octanol–water partition coefficient (Wildman–Crippen LogP) is 1.78. The number of nitrogens with two attached hydrogens (primary N) is 1. The molecule has 0 bridgehead atoms. The van der Waals surface area contributed by atoms with Crippen molar-refractivity contribution in [3.63, 3.8) is 0 Å². The maximum atomic E-state index is 13.5. The van der Waals surface area contributed by atoms with Gasteiger partial charge in [0.2, 0.25) is 11.8 Å². The van der Waals surface area contributed by atoms with Crippen LogP contribution in [-0.2, 0) is 45.6 Å². The largest absolute Gasteiger partial charge is 0.388 e.